The van der Waals surface area contributed by atoms with Crippen LogP contribution in [0, 0.1) is 5.82 Å². The monoisotopic (exact) mass is 348 g/mol. The lowest BCUT2D eigenvalue weighted by molar-refractivity contribution is -0.121. The molecular formula is C16H13FN2O4S. The molecule has 0 atom stereocenters. The second-order valence-electron chi connectivity index (χ2n) is 5.21. The lowest BCUT2D eigenvalue weighted by atomic mass is 10.3. The third-order valence-corrected chi connectivity index (χ3v) is 4.92. The predicted molar refractivity (Wildman–Crippen MR) is 85.4 cm³/mol. The Morgan fingerprint density at radius 1 is 0.958 bits per heavy atom. The maximum atomic E-state index is 13.6. The van der Waals surface area contributed by atoms with E-state index >= 15 is 0 Å². The maximum absolute atomic E-state index is 13.6. The van der Waals surface area contributed by atoms with E-state index in [2.05, 4.69) is 4.72 Å². The van der Waals surface area contributed by atoms with Crippen LogP contribution in [0.2, 0.25) is 0 Å². The van der Waals surface area contributed by atoms with Crippen molar-refractivity contribution in [2.45, 2.75) is 17.7 Å². The van der Waals surface area contributed by atoms with E-state index in [-0.39, 0.29) is 40.9 Å². The van der Waals surface area contributed by atoms with Gasteiger partial charge in [-0.2, -0.15) is 0 Å². The van der Waals surface area contributed by atoms with Gasteiger partial charge in [0.1, 0.15) is 5.82 Å². The average Bonchev–Trinajstić information content (AvgIpc) is 2.88. The molecule has 1 aliphatic heterocycles. The van der Waals surface area contributed by atoms with E-state index in [0.717, 1.165) is 11.0 Å². The number of carbonyl (C=O) groups is 2. The molecular weight excluding hydrogens is 335 g/mol. The van der Waals surface area contributed by atoms with Crippen LogP contribution in [-0.2, 0) is 19.6 Å². The number of sulfonamides is 1. The molecule has 1 heterocycles. The number of hydrogen-bond donors (Lipinski definition) is 1. The van der Waals surface area contributed by atoms with Crippen LogP contribution in [0.1, 0.15) is 12.8 Å². The summed E-state index contributed by atoms with van der Waals surface area (Å²) in [5, 5.41) is 0. The van der Waals surface area contributed by atoms with Gasteiger partial charge in [0.05, 0.1) is 16.3 Å². The van der Waals surface area contributed by atoms with Crippen LogP contribution in [0.5, 0.6) is 0 Å². The number of benzene rings is 2. The van der Waals surface area contributed by atoms with Crippen LogP contribution in [-0.4, -0.2) is 20.2 Å². The van der Waals surface area contributed by atoms with Crippen LogP contribution in [0.15, 0.2) is 53.4 Å². The fourth-order valence-corrected chi connectivity index (χ4v) is 3.51. The number of amides is 2. The predicted octanol–water partition coefficient (Wildman–Crippen LogP) is 2.28. The number of halogens is 1. The molecule has 3 rings (SSSR count). The van der Waals surface area contributed by atoms with Gasteiger partial charge in [0, 0.05) is 12.8 Å². The molecule has 1 aliphatic rings. The summed E-state index contributed by atoms with van der Waals surface area (Å²) in [5.41, 5.74) is -0.00450. The van der Waals surface area contributed by atoms with Crippen molar-refractivity contribution in [1.29, 1.82) is 0 Å². The Kier molecular flexibility index (Phi) is 4.06. The zero-order chi connectivity index (χ0) is 17.3. The van der Waals surface area contributed by atoms with Crippen molar-refractivity contribution in [2.75, 3.05) is 9.62 Å². The van der Waals surface area contributed by atoms with E-state index in [1.807, 2.05) is 0 Å². The Labute approximate surface area is 138 Å². The number of hydrogen-bond acceptors (Lipinski definition) is 4. The van der Waals surface area contributed by atoms with Crippen molar-refractivity contribution >= 4 is 33.2 Å². The highest BCUT2D eigenvalue weighted by molar-refractivity contribution is 7.92. The van der Waals surface area contributed by atoms with E-state index in [9.17, 15) is 22.4 Å². The minimum absolute atomic E-state index is 0.100. The Hall–Kier alpha value is -2.74. The lowest BCUT2D eigenvalue weighted by Gasteiger charge is -2.15. The number of imide groups is 1. The highest BCUT2D eigenvalue weighted by atomic mass is 32.2. The molecule has 1 saturated heterocycles. The Balaban J connectivity index is 1.95. The normalized spacial score (nSPS) is 15.0. The molecule has 8 heteroatoms. The first kappa shape index (κ1) is 16.1. The smallest absolute Gasteiger partial charge is 0.262 e. The van der Waals surface area contributed by atoms with Gasteiger partial charge in [0.2, 0.25) is 11.8 Å². The Morgan fingerprint density at radius 3 is 2.29 bits per heavy atom. The molecule has 124 valence electrons. The van der Waals surface area contributed by atoms with Gasteiger partial charge in [-0.3, -0.25) is 19.2 Å². The van der Waals surface area contributed by atoms with Crippen molar-refractivity contribution in [3.8, 4) is 0 Å². The summed E-state index contributed by atoms with van der Waals surface area (Å²) in [6, 6.07) is 10.8. The number of nitrogens with zero attached hydrogens (tertiary/aromatic N) is 1. The summed E-state index contributed by atoms with van der Waals surface area (Å²) in [7, 11) is -4.06. The first-order valence-electron chi connectivity index (χ1n) is 7.12. The van der Waals surface area contributed by atoms with Gasteiger partial charge in [0.15, 0.2) is 0 Å². The molecule has 0 spiro atoms. The van der Waals surface area contributed by atoms with Gasteiger partial charge >= 0.3 is 0 Å². The number of nitrogens with one attached hydrogen (secondary N) is 1. The van der Waals surface area contributed by atoms with E-state index in [0.29, 0.717) is 0 Å². The molecule has 24 heavy (non-hydrogen) atoms. The first-order chi connectivity index (χ1) is 11.4. The molecule has 0 aromatic heterocycles. The van der Waals surface area contributed by atoms with E-state index in [1.54, 1.807) is 0 Å². The fourth-order valence-electron chi connectivity index (χ4n) is 2.40. The Morgan fingerprint density at radius 2 is 1.62 bits per heavy atom. The molecule has 1 fully saturated rings. The van der Waals surface area contributed by atoms with Crippen molar-refractivity contribution < 1.29 is 22.4 Å². The minimum Gasteiger partial charge on any atom is -0.277 e. The van der Waals surface area contributed by atoms with Crippen LogP contribution in [0.3, 0.4) is 0 Å². The summed E-state index contributed by atoms with van der Waals surface area (Å²) in [6.45, 7) is 0. The molecule has 2 aromatic carbocycles. The van der Waals surface area contributed by atoms with Crippen LogP contribution < -0.4 is 9.62 Å². The second kappa shape index (κ2) is 6.04. The van der Waals surface area contributed by atoms with E-state index in [1.165, 1.54) is 42.5 Å². The topological polar surface area (TPSA) is 83.6 Å². The van der Waals surface area contributed by atoms with Crippen LogP contribution in [0.4, 0.5) is 15.8 Å². The number of rotatable bonds is 4. The lowest BCUT2D eigenvalue weighted by Crippen LogP contribution is -2.28. The largest absolute Gasteiger partial charge is 0.277 e. The molecule has 2 amide bonds. The van der Waals surface area contributed by atoms with Gasteiger partial charge in [-0.05, 0) is 30.3 Å². The number of para-hydroxylation sites is 1. The van der Waals surface area contributed by atoms with Gasteiger partial charge in [-0.15, -0.1) is 0 Å². The molecule has 1 N–H and O–H groups in total. The molecule has 0 saturated carbocycles. The summed E-state index contributed by atoms with van der Waals surface area (Å²) in [5.74, 6) is -1.46. The van der Waals surface area contributed by atoms with Crippen molar-refractivity contribution in [3.05, 3.63) is 54.3 Å². The number of anilines is 2. The van der Waals surface area contributed by atoms with Crippen molar-refractivity contribution in [3.63, 3.8) is 0 Å². The van der Waals surface area contributed by atoms with Gasteiger partial charge < -0.3 is 0 Å². The highest BCUT2D eigenvalue weighted by Gasteiger charge is 2.31. The third kappa shape index (κ3) is 3.00. The molecule has 6 nitrogen and oxygen atoms in total. The van der Waals surface area contributed by atoms with Crippen molar-refractivity contribution in [2.24, 2.45) is 0 Å². The van der Waals surface area contributed by atoms with E-state index < -0.39 is 15.8 Å². The summed E-state index contributed by atoms with van der Waals surface area (Å²) < 4.78 is 40.6. The quantitative estimate of drug-likeness (QED) is 0.859. The molecule has 2 aromatic rings. The molecule has 0 bridgehead atoms. The van der Waals surface area contributed by atoms with Gasteiger partial charge in [0.25, 0.3) is 10.0 Å². The third-order valence-electron chi connectivity index (χ3n) is 3.56. The Bertz CT molecular complexity index is 911. The zero-order valence-electron chi connectivity index (χ0n) is 12.4. The molecule has 0 unspecified atom stereocenters. The van der Waals surface area contributed by atoms with E-state index in [4.69, 9.17) is 0 Å². The summed E-state index contributed by atoms with van der Waals surface area (Å²) in [4.78, 5) is 24.3. The van der Waals surface area contributed by atoms with Crippen molar-refractivity contribution in [1.82, 2.24) is 0 Å². The maximum Gasteiger partial charge on any atom is 0.262 e. The fraction of sp³-hybridized carbons (Fsp3) is 0.125. The summed E-state index contributed by atoms with van der Waals surface area (Å²) in [6.07, 6.45) is 0.201. The summed E-state index contributed by atoms with van der Waals surface area (Å²) >= 11 is 0. The van der Waals surface area contributed by atoms with Crippen LogP contribution in [0.25, 0.3) is 0 Å². The average molecular weight is 348 g/mol. The zero-order valence-corrected chi connectivity index (χ0v) is 13.2. The minimum atomic E-state index is -4.06. The SMILES string of the molecule is O=C1CCC(=O)N1c1cccc(S(=O)(=O)Nc2ccccc2F)c1. The highest BCUT2D eigenvalue weighted by Crippen LogP contribution is 2.26. The van der Waals surface area contributed by atoms with Gasteiger partial charge in [-0.25, -0.2) is 12.8 Å². The molecule has 0 aliphatic carbocycles. The molecule has 0 radical (unpaired) electrons. The van der Waals surface area contributed by atoms with Crippen LogP contribution >= 0.6 is 0 Å². The van der Waals surface area contributed by atoms with Gasteiger partial charge in [-0.1, -0.05) is 18.2 Å². The standard InChI is InChI=1S/C16H13FN2O4S/c17-13-6-1-2-7-14(13)18-24(22,23)12-5-3-4-11(10-12)19-15(20)8-9-16(19)21/h1-7,10,18H,8-9H2. The second-order valence-corrected chi connectivity index (χ2v) is 6.89. The first-order valence-corrected chi connectivity index (χ1v) is 8.60. The number of carbonyl (C=O) groups excluding carboxylic acids is 2.